The van der Waals surface area contributed by atoms with E-state index in [1.165, 1.54) is 0 Å². The van der Waals surface area contributed by atoms with Crippen LogP contribution >= 0.6 is 11.6 Å². The van der Waals surface area contributed by atoms with Gasteiger partial charge < -0.3 is 20.1 Å². The highest BCUT2D eigenvalue weighted by Gasteiger charge is 2.28. The number of hydrogen-bond acceptors (Lipinski definition) is 4. The third-order valence-electron chi connectivity index (χ3n) is 4.33. The second-order valence-corrected chi connectivity index (χ2v) is 6.80. The van der Waals surface area contributed by atoms with E-state index in [-0.39, 0.29) is 12.5 Å². The Bertz CT molecular complexity index is 1050. The van der Waals surface area contributed by atoms with Crippen LogP contribution < -0.4 is 20.1 Å². The van der Waals surface area contributed by atoms with Crippen molar-refractivity contribution in [1.29, 1.82) is 0 Å². The predicted molar refractivity (Wildman–Crippen MR) is 111 cm³/mol. The van der Waals surface area contributed by atoms with Crippen molar-refractivity contribution >= 4 is 34.8 Å². The molecule has 1 aliphatic rings. The van der Waals surface area contributed by atoms with Crippen LogP contribution in [0, 0.1) is 0 Å². The molecule has 6 nitrogen and oxygen atoms in total. The summed E-state index contributed by atoms with van der Waals surface area (Å²) in [5, 5.41) is 6.12. The minimum Gasteiger partial charge on any atom is -0.485 e. The average molecular weight is 409 g/mol. The number of ether oxygens (including phenoxy) is 2. The van der Waals surface area contributed by atoms with E-state index in [1.807, 2.05) is 6.07 Å². The van der Waals surface area contributed by atoms with Gasteiger partial charge in [-0.25, -0.2) is 0 Å². The summed E-state index contributed by atoms with van der Waals surface area (Å²) in [4.78, 5) is 25.4. The van der Waals surface area contributed by atoms with Crippen LogP contribution in [0.4, 0.5) is 11.4 Å². The first kappa shape index (κ1) is 18.8. The fourth-order valence-electron chi connectivity index (χ4n) is 2.88. The summed E-state index contributed by atoms with van der Waals surface area (Å²) < 4.78 is 11.3. The van der Waals surface area contributed by atoms with Crippen molar-refractivity contribution in [2.24, 2.45) is 0 Å². The van der Waals surface area contributed by atoms with Gasteiger partial charge in [-0.15, -0.1) is 0 Å². The Labute approximate surface area is 172 Å². The number of fused-ring (bicyclic) bond motifs is 1. The molecule has 0 fully saturated rings. The van der Waals surface area contributed by atoms with Gasteiger partial charge in [0.25, 0.3) is 11.8 Å². The molecule has 3 aromatic rings. The number of para-hydroxylation sites is 3. The van der Waals surface area contributed by atoms with Crippen LogP contribution in [0.3, 0.4) is 0 Å². The fraction of sp³-hybridized carbons (Fsp3) is 0.0909. The molecule has 1 heterocycles. The molecule has 0 saturated heterocycles. The summed E-state index contributed by atoms with van der Waals surface area (Å²) in [6.45, 7) is 0.0853. The normalized spacial score (nSPS) is 14.7. The molecule has 1 aliphatic heterocycles. The second-order valence-electron chi connectivity index (χ2n) is 6.36. The first-order valence-corrected chi connectivity index (χ1v) is 9.33. The van der Waals surface area contributed by atoms with E-state index in [0.29, 0.717) is 33.5 Å². The Morgan fingerprint density at radius 2 is 1.55 bits per heavy atom. The maximum Gasteiger partial charge on any atom is 0.269 e. The summed E-state index contributed by atoms with van der Waals surface area (Å²) in [5.41, 5.74) is 1.31. The quantitative estimate of drug-likeness (QED) is 0.672. The number of rotatable bonds is 4. The lowest BCUT2D eigenvalue weighted by atomic mass is 10.1. The molecular weight excluding hydrogens is 392 g/mol. The summed E-state index contributed by atoms with van der Waals surface area (Å²) in [5.74, 6) is 0.354. The molecule has 2 amide bonds. The lowest BCUT2D eigenvalue weighted by Gasteiger charge is -2.25. The van der Waals surface area contributed by atoms with Crippen LogP contribution in [-0.4, -0.2) is 24.5 Å². The van der Waals surface area contributed by atoms with E-state index in [0.717, 1.165) is 0 Å². The lowest BCUT2D eigenvalue weighted by Crippen LogP contribution is -2.40. The molecule has 0 spiro atoms. The molecule has 1 atom stereocenters. The maximum atomic E-state index is 12.7. The van der Waals surface area contributed by atoms with Crippen LogP contribution in [0.2, 0.25) is 5.02 Å². The number of carbonyl (C=O) groups excluding carboxylic acids is 2. The van der Waals surface area contributed by atoms with E-state index < -0.39 is 12.0 Å². The van der Waals surface area contributed by atoms with Gasteiger partial charge in [-0.1, -0.05) is 35.9 Å². The van der Waals surface area contributed by atoms with Crippen LogP contribution in [0.15, 0.2) is 72.8 Å². The monoisotopic (exact) mass is 408 g/mol. The number of amides is 2. The summed E-state index contributed by atoms with van der Waals surface area (Å²) in [6, 6.07) is 20.7. The molecule has 29 heavy (non-hydrogen) atoms. The Morgan fingerprint density at radius 1 is 0.862 bits per heavy atom. The Morgan fingerprint density at radius 3 is 2.34 bits per heavy atom. The standard InChI is InChI=1S/C22H17ClN2O4/c23-14-9-11-15(12-10-14)24-21(26)16-5-1-2-6-17(16)25-22(27)20-13-28-18-7-3-4-8-19(18)29-20/h1-12,20H,13H2,(H,24,26)(H,25,27). The Kier molecular flexibility index (Phi) is 5.35. The van der Waals surface area contributed by atoms with Crippen molar-refractivity contribution in [1.82, 2.24) is 0 Å². The number of nitrogens with one attached hydrogen (secondary N) is 2. The van der Waals surface area contributed by atoms with E-state index in [1.54, 1.807) is 66.7 Å². The molecule has 0 saturated carbocycles. The smallest absolute Gasteiger partial charge is 0.269 e. The van der Waals surface area contributed by atoms with Gasteiger partial charge in [0.1, 0.15) is 6.61 Å². The van der Waals surface area contributed by atoms with Gasteiger partial charge >= 0.3 is 0 Å². The molecule has 0 bridgehead atoms. The highest BCUT2D eigenvalue weighted by atomic mass is 35.5. The summed E-state index contributed by atoms with van der Waals surface area (Å²) in [6.07, 6.45) is -0.822. The molecule has 2 N–H and O–H groups in total. The van der Waals surface area contributed by atoms with Crippen molar-refractivity contribution in [2.45, 2.75) is 6.10 Å². The number of hydrogen-bond donors (Lipinski definition) is 2. The van der Waals surface area contributed by atoms with Crippen molar-refractivity contribution in [2.75, 3.05) is 17.2 Å². The average Bonchev–Trinajstić information content (AvgIpc) is 2.75. The van der Waals surface area contributed by atoms with E-state index in [2.05, 4.69) is 10.6 Å². The number of anilines is 2. The Balaban J connectivity index is 1.47. The molecule has 3 aromatic carbocycles. The van der Waals surface area contributed by atoms with Crippen molar-refractivity contribution in [3.63, 3.8) is 0 Å². The molecule has 4 rings (SSSR count). The lowest BCUT2D eigenvalue weighted by molar-refractivity contribution is -0.125. The number of benzene rings is 3. The van der Waals surface area contributed by atoms with Gasteiger partial charge in [-0.2, -0.15) is 0 Å². The molecule has 7 heteroatoms. The summed E-state index contributed by atoms with van der Waals surface area (Å²) in [7, 11) is 0. The predicted octanol–water partition coefficient (Wildman–Crippen LogP) is 4.37. The third-order valence-corrected chi connectivity index (χ3v) is 4.58. The van der Waals surface area contributed by atoms with Crippen LogP contribution in [-0.2, 0) is 4.79 Å². The van der Waals surface area contributed by atoms with Gasteiger partial charge in [0.05, 0.1) is 11.3 Å². The SMILES string of the molecule is O=C(Nc1ccc(Cl)cc1)c1ccccc1NC(=O)C1COc2ccccc2O1. The van der Waals surface area contributed by atoms with Crippen LogP contribution in [0.25, 0.3) is 0 Å². The van der Waals surface area contributed by atoms with Gasteiger partial charge in [0.2, 0.25) is 6.10 Å². The number of halogens is 1. The zero-order valence-electron chi connectivity index (χ0n) is 15.2. The van der Waals surface area contributed by atoms with E-state index in [4.69, 9.17) is 21.1 Å². The van der Waals surface area contributed by atoms with Crippen molar-refractivity contribution < 1.29 is 19.1 Å². The zero-order valence-corrected chi connectivity index (χ0v) is 16.0. The van der Waals surface area contributed by atoms with E-state index in [9.17, 15) is 9.59 Å². The molecule has 0 aromatic heterocycles. The van der Waals surface area contributed by atoms with Crippen molar-refractivity contribution in [3.8, 4) is 11.5 Å². The second kappa shape index (κ2) is 8.24. The molecule has 146 valence electrons. The third kappa shape index (κ3) is 4.33. The highest BCUT2D eigenvalue weighted by Crippen LogP contribution is 2.31. The first-order chi connectivity index (χ1) is 14.1. The maximum absolute atomic E-state index is 12.7. The van der Waals surface area contributed by atoms with Gasteiger partial charge in [-0.3, -0.25) is 9.59 Å². The molecule has 0 radical (unpaired) electrons. The van der Waals surface area contributed by atoms with Crippen LogP contribution in [0.1, 0.15) is 10.4 Å². The topological polar surface area (TPSA) is 76.7 Å². The molecular formula is C22H17ClN2O4. The minimum absolute atomic E-state index is 0.0853. The Hall–Kier alpha value is -3.51. The largest absolute Gasteiger partial charge is 0.485 e. The van der Waals surface area contributed by atoms with Crippen molar-refractivity contribution in [3.05, 3.63) is 83.4 Å². The fourth-order valence-corrected chi connectivity index (χ4v) is 3.01. The van der Waals surface area contributed by atoms with Crippen LogP contribution in [0.5, 0.6) is 11.5 Å². The minimum atomic E-state index is -0.822. The van der Waals surface area contributed by atoms with Gasteiger partial charge in [-0.05, 0) is 48.5 Å². The number of carbonyl (C=O) groups is 2. The molecule has 0 aliphatic carbocycles. The molecule has 1 unspecified atom stereocenters. The van der Waals surface area contributed by atoms with Gasteiger partial charge in [0.15, 0.2) is 11.5 Å². The van der Waals surface area contributed by atoms with Gasteiger partial charge in [0, 0.05) is 10.7 Å². The highest BCUT2D eigenvalue weighted by molar-refractivity contribution is 6.30. The summed E-state index contributed by atoms with van der Waals surface area (Å²) >= 11 is 5.87. The first-order valence-electron chi connectivity index (χ1n) is 8.95. The zero-order chi connectivity index (χ0) is 20.2. The van der Waals surface area contributed by atoms with E-state index >= 15 is 0 Å².